The molecule has 1 amide bonds. The Labute approximate surface area is 159 Å². The van der Waals surface area contributed by atoms with Gasteiger partial charge in [0, 0.05) is 37.1 Å². The van der Waals surface area contributed by atoms with Gasteiger partial charge < -0.3 is 10.6 Å². The molecule has 1 aromatic rings. The van der Waals surface area contributed by atoms with Crippen molar-refractivity contribution in [1.29, 1.82) is 0 Å². The van der Waals surface area contributed by atoms with E-state index in [1.807, 2.05) is 4.90 Å². The summed E-state index contributed by atoms with van der Waals surface area (Å²) in [5.74, 6) is 0.0608. The van der Waals surface area contributed by atoms with Crippen LogP contribution in [-0.4, -0.2) is 55.8 Å². The second-order valence-corrected chi connectivity index (χ2v) is 9.91. The topological polar surface area (TPSA) is 83.7 Å². The van der Waals surface area contributed by atoms with Gasteiger partial charge in [-0.25, -0.2) is 8.42 Å². The minimum absolute atomic E-state index is 0. The molecule has 1 aromatic heterocycles. The van der Waals surface area contributed by atoms with Crippen molar-refractivity contribution in [2.45, 2.75) is 48.8 Å². The van der Waals surface area contributed by atoms with E-state index in [9.17, 15) is 13.2 Å². The fourth-order valence-corrected chi connectivity index (χ4v) is 6.25. The summed E-state index contributed by atoms with van der Waals surface area (Å²) in [6.07, 6.45) is 4.89. The summed E-state index contributed by atoms with van der Waals surface area (Å²) in [5, 5.41) is 0. The van der Waals surface area contributed by atoms with Gasteiger partial charge in [-0.15, -0.1) is 23.7 Å². The average molecular weight is 408 g/mol. The number of hydrogen-bond donors (Lipinski definition) is 1. The molecule has 0 atom stereocenters. The predicted octanol–water partition coefficient (Wildman–Crippen LogP) is 1.84. The number of likely N-dealkylation sites (tertiary alicyclic amines) is 1. The monoisotopic (exact) mass is 407 g/mol. The molecular formula is C16H26ClN3O3S2. The molecule has 0 bridgehead atoms. The molecule has 3 rings (SSSR count). The van der Waals surface area contributed by atoms with E-state index in [0.29, 0.717) is 30.4 Å². The quantitative estimate of drug-likeness (QED) is 0.825. The van der Waals surface area contributed by atoms with Crippen LogP contribution in [0.5, 0.6) is 0 Å². The number of halogens is 1. The number of hydrogen-bond acceptors (Lipinski definition) is 5. The lowest BCUT2D eigenvalue weighted by atomic mass is 10.1. The number of nitrogens with two attached hydrogens (primary N) is 1. The van der Waals surface area contributed by atoms with Gasteiger partial charge in [0.1, 0.15) is 4.21 Å². The van der Waals surface area contributed by atoms with Gasteiger partial charge in [0.15, 0.2) is 0 Å². The first-order chi connectivity index (χ1) is 11.5. The molecule has 142 valence electrons. The zero-order valence-electron chi connectivity index (χ0n) is 14.2. The van der Waals surface area contributed by atoms with Crippen LogP contribution in [0, 0.1) is 0 Å². The zero-order valence-corrected chi connectivity index (χ0v) is 16.7. The van der Waals surface area contributed by atoms with E-state index in [1.54, 1.807) is 16.4 Å². The fraction of sp³-hybridized carbons (Fsp3) is 0.688. The molecule has 3 heterocycles. The lowest BCUT2D eigenvalue weighted by molar-refractivity contribution is -0.131. The summed E-state index contributed by atoms with van der Waals surface area (Å²) in [6, 6.07) is 3.61. The van der Waals surface area contributed by atoms with Gasteiger partial charge in [-0.05, 0) is 37.8 Å². The average Bonchev–Trinajstić information content (AvgIpc) is 3.05. The summed E-state index contributed by atoms with van der Waals surface area (Å²) < 4.78 is 27.2. The molecular weight excluding hydrogens is 382 g/mol. The van der Waals surface area contributed by atoms with Crippen LogP contribution in [0.3, 0.4) is 0 Å². The predicted molar refractivity (Wildman–Crippen MR) is 102 cm³/mol. The molecule has 0 spiro atoms. The van der Waals surface area contributed by atoms with Crippen molar-refractivity contribution in [1.82, 2.24) is 9.21 Å². The van der Waals surface area contributed by atoms with E-state index < -0.39 is 10.0 Å². The fourth-order valence-electron chi connectivity index (χ4n) is 3.23. The Morgan fingerprint density at radius 1 is 1.12 bits per heavy atom. The lowest BCUT2D eigenvalue weighted by Gasteiger charge is -2.30. The van der Waals surface area contributed by atoms with E-state index in [4.69, 9.17) is 5.73 Å². The molecule has 0 unspecified atom stereocenters. The highest BCUT2D eigenvalue weighted by Crippen LogP contribution is 2.27. The van der Waals surface area contributed by atoms with E-state index in [0.717, 1.165) is 37.0 Å². The first kappa shape index (κ1) is 20.6. The standard InChI is InChI=1S/C16H25N3O3S2.ClH/c17-13-6-10-18(11-7-13)15(20)12-14-4-5-16(23-14)24(21,22)19-8-2-1-3-9-19;/h4-5,13H,1-3,6-12,17H2;1H. The van der Waals surface area contributed by atoms with Crippen molar-refractivity contribution < 1.29 is 13.2 Å². The molecule has 2 N–H and O–H groups in total. The molecule has 25 heavy (non-hydrogen) atoms. The Balaban J connectivity index is 0.00000225. The minimum atomic E-state index is -3.40. The second kappa shape index (κ2) is 8.81. The van der Waals surface area contributed by atoms with Gasteiger partial charge in [0.05, 0.1) is 6.42 Å². The van der Waals surface area contributed by atoms with Crippen LogP contribution in [0.15, 0.2) is 16.3 Å². The minimum Gasteiger partial charge on any atom is -0.342 e. The maximum Gasteiger partial charge on any atom is 0.252 e. The normalized spacial score (nSPS) is 20.3. The van der Waals surface area contributed by atoms with Crippen LogP contribution in [0.2, 0.25) is 0 Å². The number of nitrogens with zero attached hydrogens (tertiary/aromatic N) is 2. The molecule has 2 aliphatic rings. The lowest BCUT2D eigenvalue weighted by Crippen LogP contribution is -2.43. The van der Waals surface area contributed by atoms with Gasteiger partial charge in [0.2, 0.25) is 5.91 Å². The molecule has 0 aliphatic carbocycles. The Morgan fingerprint density at radius 2 is 1.76 bits per heavy atom. The summed E-state index contributed by atoms with van der Waals surface area (Å²) in [6.45, 7) is 2.60. The van der Waals surface area contributed by atoms with Gasteiger partial charge >= 0.3 is 0 Å². The number of sulfonamides is 1. The van der Waals surface area contributed by atoms with E-state index in [-0.39, 0.29) is 30.8 Å². The van der Waals surface area contributed by atoms with Crippen molar-refractivity contribution >= 4 is 39.7 Å². The molecule has 0 saturated carbocycles. The third kappa shape index (κ3) is 4.95. The van der Waals surface area contributed by atoms with Crippen LogP contribution in [0.1, 0.15) is 37.0 Å². The van der Waals surface area contributed by atoms with Crippen LogP contribution < -0.4 is 5.73 Å². The number of thiophene rings is 1. The summed E-state index contributed by atoms with van der Waals surface area (Å²) >= 11 is 1.22. The van der Waals surface area contributed by atoms with Crippen LogP contribution >= 0.6 is 23.7 Å². The highest BCUT2D eigenvalue weighted by Gasteiger charge is 2.28. The van der Waals surface area contributed by atoms with E-state index in [2.05, 4.69) is 0 Å². The maximum atomic E-state index is 12.7. The molecule has 2 saturated heterocycles. The SMILES string of the molecule is Cl.NC1CCN(C(=O)Cc2ccc(S(=O)(=O)N3CCCCC3)s2)CC1. The third-order valence-corrected chi connectivity index (χ3v) is 8.22. The Kier molecular flexibility index (Phi) is 7.28. The first-order valence-electron chi connectivity index (χ1n) is 8.59. The maximum absolute atomic E-state index is 12.7. The molecule has 2 fully saturated rings. The van der Waals surface area contributed by atoms with Gasteiger partial charge in [-0.3, -0.25) is 4.79 Å². The van der Waals surface area contributed by atoms with Crippen molar-refractivity contribution in [3.05, 3.63) is 17.0 Å². The van der Waals surface area contributed by atoms with Crippen molar-refractivity contribution in [2.24, 2.45) is 5.73 Å². The van der Waals surface area contributed by atoms with Gasteiger partial charge in [-0.1, -0.05) is 6.42 Å². The van der Waals surface area contributed by atoms with Gasteiger partial charge in [0.25, 0.3) is 10.0 Å². The van der Waals surface area contributed by atoms with Crippen LogP contribution in [0.25, 0.3) is 0 Å². The number of rotatable bonds is 4. The Morgan fingerprint density at radius 3 is 2.40 bits per heavy atom. The molecule has 0 radical (unpaired) electrons. The number of amides is 1. The smallest absolute Gasteiger partial charge is 0.252 e. The summed E-state index contributed by atoms with van der Waals surface area (Å²) in [7, 11) is -3.40. The number of carbonyl (C=O) groups excluding carboxylic acids is 1. The van der Waals surface area contributed by atoms with Crippen LogP contribution in [-0.2, 0) is 21.2 Å². The molecule has 2 aliphatic heterocycles. The summed E-state index contributed by atoms with van der Waals surface area (Å²) in [4.78, 5) is 15.0. The Bertz CT molecular complexity index is 679. The Hall–Kier alpha value is -0.670. The molecule has 6 nitrogen and oxygen atoms in total. The first-order valence-corrected chi connectivity index (χ1v) is 10.8. The van der Waals surface area contributed by atoms with E-state index >= 15 is 0 Å². The zero-order chi connectivity index (χ0) is 17.2. The highest BCUT2D eigenvalue weighted by atomic mass is 35.5. The highest BCUT2D eigenvalue weighted by molar-refractivity contribution is 7.91. The van der Waals surface area contributed by atoms with Crippen molar-refractivity contribution in [3.8, 4) is 0 Å². The van der Waals surface area contributed by atoms with Crippen molar-refractivity contribution in [3.63, 3.8) is 0 Å². The van der Waals surface area contributed by atoms with Crippen molar-refractivity contribution in [2.75, 3.05) is 26.2 Å². The number of piperidine rings is 2. The summed E-state index contributed by atoms with van der Waals surface area (Å²) in [5.41, 5.74) is 5.86. The van der Waals surface area contributed by atoms with Gasteiger partial charge in [-0.2, -0.15) is 4.31 Å². The van der Waals surface area contributed by atoms with E-state index in [1.165, 1.54) is 11.3 Å². The second-order valence-electron chi connectivity index (χ2n) is 6.58. The number of carbonyl (C=O) groups is 1. The third-order valence-electron chi connectivity index (χ3n) is 4.76. The largest absolute Gasteiger partial charge is 0.342 e. The molecule has 0 aromatic carbocycles. The van der Waals surface area contributed by atoms with Crippen LogP contribution in [0.4, 0.5) is 0 Å². The molecule has 9 heteroatoms.